The Morgan fingerprint density at radius 3 is 2.62 bits per heavy atom. The van der Waals surface area contributed by atoms with Crippen LogP contribution in [0.2, 0.25) is 0 Å². The van der Waals surface area contributed by atoms with Crippen molar-refractivity contribution in [2.45, 2.75) is 0 Å². The zero-order chi connectivity index (χ0) is 15.2. The minimum atomic E-state index is -0.550. The average molecular weight is 289 g/mol. The minimum Gasteiger partial charge on any atom is -0.494 e. The van der Waals surface area contributed by atoms with Crippen LogP contribution >= 0.6 is 0 Å². The molecule has 0 atom stereocenters. The molecular formula is C14H15N3O4. The topological polar surface area (TPSA) is 117 Å². The summed E-state index contributed by atoms with van der Waals surface area (Å²) < 4.78 is 5.32. The highest BCUT2D eigenvalue weighted by Crippen LogP contribution is 2.16. The number of aromatic hydroxyl groups is 1. The minimum absolute atomic E-state index is 0.0692. The van der Waals surface area contributed by atoms with E-state index in [1.54, 1.807) is 24.3 Å². The van der Waals surface area contributed by atoms with Gasteiger partial charge in [0, 0.05) is 24.4 Å². The molecule has 1 aromatic carbocycles. The number of amides is 1. The lowest BCUT2D eigenvalue weighted by atomic mass is 10.2. The molecule has 1 heterocycles. The van der Waals surface area contributed by atoms with Gasteiger partial charge in [-0.25, -0.2) is 0 Å². The van der Waals surface area contributed by atoms with Crippen LogP contribution in [0.1, 0.15) is 10.4 Å². The predicted octanol–water partition coefficient (Wildman–Crippen LogP) is 0.670. The lowest BCUT2D eigenvalue weighted by molar-refractivity contribution is 0.102. The SMILES string of the molecule is NCCOc1ccc(NC(=O)c2cc(O)[nH]c(=O)c2)cc1. The fourth-order valence-corrected chi connectivity index (χ4v) is 1.67. The highest BCUT2D eigenvalue weighted by Gasteiger charge is 2.08. The molecule has 0 bridgehead atoms. The van der Waals surface area contributed by atoms with Gasteiger partial charge in [0.25, 0.3) is 11.5 Å². The molecule has 1 amide bonds. The number of hydrogen-bond acceptors (Lipinski definition) is 5. The quantitative estimate of drug-likeness (QED) is 0.645. The van der Waals surface area contributed by atoms with Crippen molar-refractivity contribution in [3.05, 3.63) is 52.3 Å². The summed E-state index contributed by atoms with van der Waals surface area (Å²) in [5.41, 5.74) is 5.39. The Labute approximate surface area is 120 Å². The second-order valence-corrected chi connectivity index (χ2v) is 4.23. The third-order valence-electron chi connectivity index (χ3n) is 2.59. The second-order valence-electron chi connectivity index (χ2n) is 4.23. The maximum absolute atomic E-state index is 12.0. The normalized spacial score (nSPS) is 10.1. The lowest BCUT2D eigenvalue weighted by Crippen LogP contribution is -2.15. The number of benzene rings is 1. The lowest BCUT2D eigenvalue weighted by Gasteiger charge is -2.07. The van der Waals surface area contributed by atoms with Crippen LogP contribution in [0.5, 0.6) is 11.6 Å². The Balaban J connectivity index is 2.07. The molecule has 7 heteroatoms. The van der Waals surface area contributed by atoms with Gasteiger partial charge in [0.2, 0.25) is 0 Å². The van der Waals surface area contributed by atoms with Crippen LogP contribution in [0, 0.1) is 0 Å². The van der Waals surface area contributed by atoms with Crippen molar-refractivity contribution in [2.24, 2.45) is 5.73 Å². The van der Waals surface area contributed by atoms with Gasteiger partial charge in [-0.2, -0.15) is 0 Å². The van der Waals surface area contributed by atoms with Crippen LogP contribution in [-0.4, -0.2) is 29.1 Å². The van der Waals surface area contributed by atoms with Gasteiger partial charge in [-0.1, -0.05) is 0 Å². The van der Waals surface area contributed by atoms with Gasteiger partial charge in [-0.05, 0) is 24.3 Å². The molecule has 0 radical (unpaired) electrons. The smallest absolute Gasteiger partial charge is 0.256 e. The van der Waals surface area contributed by atoms with E-state index in [-0.39, 0.29) is 11.4 Å². The first kappa shape index (κ1) is 14.6. The number of ether oxygens (including phenoxy) is 1. The standard InChI is InChI=1S/C14H15N3O4/c15-5-6-21-11-3-1-10(2-4-11)16-14(20)9-7-12(18)17-13(19)8-9/h1-4,7-8H,5-6,15H2,(H,16,20)(H2,17,18,19). The summed E-state index contributed by atoms with van der Waals surface area (Å²) in [5, 5.41) is 11.9. The van der Waals surface area contributed by atoms with E-state index in [0.29, 0.717) is 24.6 Å². The summed E-state index contributed by atoms with van der Waals surface area (Å²) in [7, 11) is 0. The Morgan fingerprint density at radius 1 is 1.29 bits per heavy atom. The van der Waals surface area contributed by atoms with Crippen LogP contribution in [0.3, 0.4) is 0 Å². The van der Waals surface area contributed by atoms with Gasteiger partial charge in [0.05, 0.1) is 5.56 Å². The molecule has 0 aliphatic carbocycles. The molecule has 5 N–H and O–H groups in total. The van der Waals surface area contributed by atoms with Crippen molar-refractivity contribution in [1.82, 2.24) is 4.98 Å². The maximum Gasteiger partial charge on any atom is 0.256 e. The fraction of sp³-hybridized carbons (Fsp3) is 0.143. The zero-order valence-corrected chi connectivity index (χ0v) is 11.1. The first-order chi connectivity index (χ1) is 10.1. The number of carbonyl (C=O) groups excluding carboxylic acids is 1. The summed E-state index contributed by atoms with van der Waals surface area (Å²) in [6, 6.07) is 9.00. The summed E-state index contributed by atoms with van der Waals surface area (Å²) in [6.07, 6.45) is 0. The third kappa shape index (κ3) is 4.08. The first-order valence-electron chi connectivity index (χ1n) is 6.26. The van der Waals surface area contributed by atoms with Crippen molar-refractivity contribution < 1.29 is 14.6 Å². The molecule has 0 aliphatic rings. The molecule has 7 nitrogen and oxygen atoms in total. The summed E-state index contributed by atoms with van der Waals surface area (Å²) in [6.45, 7) is 0.836. The van der Waals surface area contributed by atoms with Gasteiger partial charge in [0.1, 0.15) is 12.4 Å². The molecule has 0 unspecified atom stereocenters. The number of hydrogen-bond donors (Lipinski definition) is 4. The molecule has 0 fully saturated rings. The van der Waals surface area contributed by atoms with Crippen LogP contribution < -0.4 is 21.3 Å². The van der Waals surface area contributed by atoms with Crippen LogP contribution in [0.4, 0.5) is 5.69 Å². The average Bonchev–Trinajstić information content (AvgIpc) is 2.45. The highest BCUT2D eigenvalue weighted by atomic mass is 16.5. The monoisotopic (exact) mass is 289 g/mol. The Kier molecular flexibility index (Phi) is 4.57. The largest absolute Gasteiger partial charge is 0.494 e. The Bertz CT molecular complexity index is 679. The number of nitrogens with one attached hydrogen (secondary N) is 2. The molecular weight excluding hydrogens is 274 g/mol. The number of H-pyrrole nitrogens is 1. The van der Waals surface area contributed by atoms with E-state index in [4.69, 9.17) is 10.5 Å². The highest BCUT2D eigenvalue weighted by molar-refractivity contribution is 6.04. The van der Waals surface area contributed by atoms with E-state index < -0.39 is 11.5 Å². The van der Waals surface area contributed by atoms with Gasteiger partial charge in [-0.15, -0.1) is 0 Å². The van der Waals surface area contributed by atoms with Gasteiger partial charge in [0.15, 0.2) is 5.88 Å². The molecule has 0 saturated heterocycles. The second kappa shape index (κ2) is 6.58. The van der Waals surface area contributed by atoms with E-state index in [1.807, 2.05) is 0 Å². The van der Waals surface area contributed by atoms with Crippen LogP contribution in [0.25, 0.3) is 0 Å². The maximum atomic E-state index is 12.0. The molecule has 110 valence electrons. The van der Waals surface area contributed by atoms with E-state index in [2.05, 4.69) is 10.3 Å². The summed E-state index contributed by atoms with van der Waals surface area (Å²) >= 11 is 0. The van der Waals surface area contributed by atoms with Crippen LogP contribution in [0.15, 0.2) is 41.2 Å². The van der Waals surface area contributed by atoms with E-state index in [1.165, 1.54) is 6.07 Å². The third-order valence-corrected chi connectivity index (χ3v) is 2.59. The van der Waals surface area contributed by atoms with Gasteiger partial charge < -0.3 is 20.9 Å². The number of rotatable bonds is 5. The number of carbonyl (C=O) groups is 1. The number of pyridine rings is 1. The number of nitrogens with two attached hydrogens (primary N) is 1. The number of anilines is 1. The molecule has 2 rings (SSSR count). The molecule has 1 aromatic heterocycles. The first-order valence-corrected chi connectivity index (χ1v) is 6.26. The van der Waals surface area contributed by atoms with E-state index in [9.17, 15) is 14.7 Å². The Hall–Kier alpha value is -2.80. The van der Waals surface area contributed by atoms with Crippen molar-refractivity contribution >= 4 is 11.6 Å². The molecule has 0 spiro atoms. The summed E-state index contributed by atoms with van der Waals surface area (Å²) in [4.78, 5) is 25.3. The summed E-state index contributed by atoms with van der Waals surface area (Å²) in [5.74, 6) is -0.211. The molecule has 2 aromatic rings. The molecule has 0 saturated carbocycles. The van der Waals surface area contributed by atoms with Gasteiger partial charge >= 0.3 is 0 Å². The Morgan fingerprint density at radius 2 is 2.00 bits per heavy atom. The van der Waals surface area contributed by atoms with E-state index in [0.717, 1.165) is 6.07 Å². The van der Waals surface area contributed by atoms with Crippen molar-refractivity contribution in [3.63, 3.8) is 0 Å². The van der Waals surface area contributed by atoms with Crippen LogP contribution in [-0.2, 0) is 0 Å². The zero-order valence-electron chi connectivity index (χ0n) is 11.1. The van der Waals surface area contributed by atoms with E-state index >= 15 is 0 Å². The molecule has 0 aliphatic heterocycles. The molecule has 21 heavy (non-hydrogen) atoms. The number of aromatic nitrogens is 1. The number of aromatic amines is 1. The fourth-order valence-electron chi connectivity index (χ4n) is 1.67. The van der Waals surface area contributed by atoms with Crippen molar-refractivity contribution in [1.29, 1.82) is 0 Å². The predicted molar refractivity (Wildman–Crippen MR) is 77.7 cm³/mol. The van der Waals surface area contributed by atoms with Crippen molar-refractivity contribution in [2.75, 3.05) is 18.5 Å². The van der Waals surface area contributed by atoms with Crippen molar-refractivity contribution in [3.8, 4) is 11.6 Å². The van der Waals surface area contributed by atoms with Gasteiger partial charge in [-0.3, -0.25) is 14.6 Å².